The van der Waals surface area contributed by atoms with Crippen LogP contribution < -0.4 is 18.9 Å². The minimum absolute atomic E-state index is 0.119. The van der Waals surface area contributed by atoms with E-state index < -0.39 is 23.3 Å². The van der Waals surface area contributed by atoms with Gasteiger partial charge in [-0.1, -0.05) is 130 Å². The quantitative estimate of drug-likeness (QED) is 0.0309. The molecule has 628 valence electrons. The summed E-state index contributed by atoms with van der Waals surface area (Å²) in [6.45, 7) is 20.4. The van der Waals surface area contributed by atoms with Crippen LogP contribution in [0.25, 0.3) is 138 Å². The molecular weight excluding hydrogens is 1890 g/mol. The van der Waals surface area contributed by atoms with Crippen molar-refractivity contribution in [3.05, 3.63) is 211 Å². The van der Waals surface area contributed by atoms with Gasteiger partial charge in [0.05, 0.1) is 95.7 Å². The van der Waals surface area contributed by atoms with Crippen molar-refractivity contribution in [2.45, 2.75) is 117 Å². The van der Waals surface area contributed by atoms with Crippen molar-refractivity contribution in [1.29, 1.82) is 10.5 Å². The van der Waals surface area contributed by atoms with E-state index in [0.29, 0.717) is 82.7 Å². The normalized spacial score (nSPS) is 11.9. The molecule has 0 amide bonds. The summed E-state index contributed by atoms with van der Waals surface area (Å²) in [5.41, 5.74) is 10.1. The highest BCUT2D eigenvalue weighted by Crippen LogP contribution is 2.62. The molecule has 0 N–H and O–H groups in total. The van der Waals surface area contributed by atoms with Crippen LogP contribution in [-0.2, 0) is 0 Å². The van der Waals surface area contributed by atoms with Gasteiger partial charge >= 0.3 is 0 Å². The summed E-state index contributed by atoms with van der Waals surface area (Å²) in [6, 6.07) is 60.0. The molecule has 0 spiro atoms. The fourth-order valence-corrected chi connectivity index (χ4v) is 25.6. The van der Waals surface area contributed by atoms with E-state index in [9.17, 15) is 19.3 Å². The maximum Gasteiger partial charge on any atom is 0.170 e. The van der Waals surface area contributed by atoms with E-state index in [1.807, 2.05) is 97.1 Å². The van der Waals surface area contributed by atoms with E-state index in [-0.39, 0.29) is 27.8 Å². The van der Waals surface area contributed by atoms with Crippen molar-refractivity contribution in [3.8, 4) is 140 Å². The van der Waals surface area contributed by atoms with Crippen LogP contribution in [0, 0.1) is 69.6 Å². The molecule has 10 heterocycles. The molecule has 1 aliphatic rings. The number of hydrogen-bond donors (Lipinski definition) is 0. The SMILES string of the molecule is CCC(CC)COc1ccc(-c2ccc(-c3c(F)c(F)c(-c4ccc(-c5ccc(OCC(CC)CC)cc5)s4)c4nsnc34)s2)cc1.CCC(CC)COc1ccc(-c2ccc(-c3c4c(c(-c5ccc(-c6ccc(OCC(CC)CC)cc6)s5)c5nsnc35)SC(=C(C#N)C#N)S4)s2)cc1.Fc1c(F)c(-c2ccc(Br)s2)c2nsnc2c1-c1ccc(Br)s1. The number of nitriles is 2. The summed E-state index contributed by atoms with van der Waals surface area (Å²) in [7, 11) is 0. The van der Waals surface area contributed by atoms with E-state index in [0.717, 1.165) is 202 Å². The molecule has 0 bridgehead atoms. The minimum Gasteiger partial charge on any atom is -0.493 e. The Bertz CT molecular complexity index is 6120. The van der Waals surface area contributed by atoms with Crippen LogP contribution in [0.2, 0.25) is 0 Å². The Labute approximate surface area is 774 Å². The number of nitrogens with zero attached hydrogens (tertiary/aromatic N) is 8. The maximum atomic E-state index is 16.0. The molecule has 1 aliphatic heterocycles. The molecule has 16 aromatic rings. The van der Waals surface area contributed by atoms with Crippen molar-refractivity contribution in [3.63, 3.8) is 0 Å². The lowest BCUT2D eigenvalue weighted by atomic mass is 10.0. The number of allylic oxidation sites excluding steroid dienone is 1. The van der Waals surface area contributed by atoms with Crippen molar-refractivity contribution in [2.24, 2.45) is 23.7 Å². The fraction of sp³-hybridized carbons (Fsp3) is 0.255. The lowest BCUT2D eigenvalue weighted by Gasteiger charge is -2.14. The zero-order valence-electron chi connectivity index (χ0n) is 67.9. The molecule has 0 unspecified atom stereocenters. The van der Waals surface area contributed by atoms with E-state index in [1.54, 1.807) is 46.9 Å². The van der Waals surface area contributed by atoms with Crippen LogP contribution in [0.15, 0.2) is 197 Å². The van der Waals surface area contributed by atoms with Crippen molar-refractivity contribution in [1.82, 2.24) is 26.2 Å². The topological polar surface area (TPSA) is 162 Å². The molecule has 0 aliphatic carbocycles. The predicted octanol–water partition coefficient (Wildman–Crippen LogP) is 32.9. The zero-order valence-corrected chi connectivity index (χ0v) is 80.1. The Kier molecular flexibility index (Phi) is 30.0. The van der Waals surface area contributed by atoms with Gasteiger partial charge < -0.3 is 18.9 Å². The van der Waals surface area contributed by atoms with Gasteiger partial charge in [-0.05, 0) is 248 Å². The highest BCUT2D eigenvalue weighted by molar-refractivity contribution is 9.11. The van der Waals surface area contributed by atoms with Crippen LogP contribution in [0.3, 0.4) is 0 Å². The highest BCUT2D eigenvalue weighted by atomic mass is 79.9. The molecule has 0 saturated carbocycles. The summed E-state index contributed by atoms with van der Waals surface area (Å²) in [5, 5.41) is 19.7. The van der Waals surface area contributed by atoms with E-state index in [4.69, 9.17) is 27.7 Å². The van der Waals surface area contributed by atoms with E-state index in [2.05, 4.69) is 165 Å². The number of halogens is 6. The Balaban J connectivity index is 0.000000153. The van der Waals surface area contributed by atoms with E-state index in [1.165, 1.54) is 80.6 Å². The van der Waals surface area contributed by atoms with Crippen LogP contribution in [0.1, 0.15) is 107 Å². The minimum atomic E-state index is -0.910. The second-order valence-corrected chi connectivity index (χ2v) is 42.2. The van der Waals surface area contributed by atoms with Gasteiger partial charge in [0, 0.05) is 69.7 Å². The molecule has 7 aromatic carbocycles. The first-order valence-electron chi connectivity index (χ1n) is 40.3. The second-order valence-electron chi connectivity index (χ2n) is 29.1. The Morgan fingerprint density at radius 2 is 0.512 bits per heavy atom. The van der Waals surface area contributed by atoms with Crippen LogP contribution in [-0.4, -0.2) is 52.7 Å². The van der Waals surface area contributed by atoms with Gasteiger partial charge in [-0.3, -0.25) is 0 Å². The van der Waals surface area contributed by atoms with Gasteiger partial charge in [-0.25, -0.2) is 17.6 Å². The van der Waals surface area contributed by atoms with Gasteiger partial charge in [0.2, 0.25) is 0 Å². The summed E-state index contributed by atoms with van der Waals surface area (Å²) >= 11 is 21.7. The predicted molar refractivity (Wildman–Crippen MR) is 517 cm³/mol. The van der Waals surface area contributed by atoms with Gasteiger partial charge in [0.25, 0.3) is 0 Å². The number of fused-ring (bicyclic) bond motifs is 4. The number of rotatable bonds is 30. The van der Waals surface area contributed by atoms with Gasteiger partial charge in [-0.15, -0.1) is 68.0 Å². The molecule has 17 rings (SSSR count). The average molecular weight is 1970 g/mol. The largest absolute Gasteiger partial charge is 0.493 e. The van der Waals surface area contributed by atoms with Crippen molar-refractivity contribution in [2.75, 3.05) is 26.4 Å². The summed E-state index contributed by atoms with van der Waals surface area (Å²) in [4.78, 5) is 10.8. The third kappa shape index (κ3) is 19.7. The molecule has 9 aromatic heterocycles. The Morgan fingerprint density at radius 1 is 0.301 bits per heavy atom. The van der Waals surface area contributed by atoms with Crippen LogP contribution in [0.4, 0.5) is 17.6 Å². The van der Waals surface area contributed by atoms with Crippen LogP contribution >= 0.6 is 159 Å². The monoisotopic (exact) mass is 1970 g/mol. The molecule has 29 heteroatoms. The van der Waals surface area contributed by atoms with Gasteiger partial charge in [0.15, 0.2) is 23.3 Å². The molecule has 0 saturated heterocycles. The first-order valence-corrected chi connectivity index (χ1v) is 50.6. The lowest BCUT2D eigenvalue weighted by Crippen LogP contribution is -2.09. The Hall–Kier alpha value is -8.50. The number of benzene rings is 7. The van der Waals surface area contributed by atoms with Crippen molar-refractivity contribution >= 4 is 192 Å². The maximum absolute atomic E-state index is 16.0. The Morgan fingerprint density at radius 3 is 0.732 bits per heavy atom. The molecule has 0 radical (unpaired) electrons. The number of thioether (sulfide) groups is 2. The fourth-order valence-electron chi connectivity index (χ4n) is 14.0. The molecule has 0 atom stereocenters. The standard InChI is InChI=1S/C42H38N4O2S5.C38H38F2N2O2S3.C14H4Br2F2N2S3/c1-5-25(6-2)23-47-30-13-9-27(10-14-30)32-17-19-34(49-32)36-38-39(46-53-45-38)37(41-40(36)51-42(52-41)29(21-43)22-44)35-20-18-33(50-35)28-11-15-31(16-12-28)48-24-26(7-3)8-4;1-5-23(6-2)21-43-27-13-9-25(10-14-27)29-17-19-31(45-29)33-35(39)36(40)34(38-37(33)41-47-42-38)32-20-18-30(46-32)26-11-15-28(16-12-26)44-22-24(7-3)8-4;15-7-3-1-5(21-7)9-11(17)12(18)10(6-2-4-8(16)22-6)14-13(9)19-23-20-14/h9-20,25-26H,5-8,23-24H2,1-4H3;9-20,23-24H,5-8,21-22H2,1-4H3;1-4H. The molecule has 12 nitrogen and oxygen atoms in total. The third-order valence-corrected chi connectivity index (χ3v) is 33.9. The summed E-state index contributed by atoms with van der Waals surface area (Å²) in [6.07, 6.45) is 8.79. The lowest BCUT2D eigenvalue weighted by molar-refractivity contribution is 0.240. The van der Waals surface area contributed by atoms with Gasteiger partial charge in [0.1, 0.15) is 73.8 Å². The first-order chi connectivity index (χ1) is 60.0. The molecule has 123 heavy (non-hydrogen) atoms. The number of thiophene rings is 6. The smallest absolute Gasteiger partial charge is 0.170 e. The zero-order chi connectivity index (χ0) is 86.0. The highest BCUT2D eigenvalue weighted by Gasteiger charge is 2.35. The number of hydrogen-bond acceptors (Lipinski definition) is 23. The average Bonchev–Trinajstić information content (AvgIpc) is 1.59. The van der Waals surface area contributed by atoms with Crippen LogP contribution in [0.5, 0.6) is 23.0 Å². The van der Waals surface area contributed by atoms with Crippen molar-refractivity contribution < 1.29 is 36.5 Å². The van der Waals surface area contributed by atoms with Gasteiger partial charge in [-0.2, -0.15) is 36.8 Å². The summed E-state index contributed by atoms with van der Waals surface area (Å²) < 4.78 is 115. The van der Waals surface area contributed by atoms with E-state index >= 15 is 8.78 Å². The molecule has 0 fully saturated rings. The molecular formula is C94H80Br2F4N8O4S11. The summed E-state index contributed by atoms with van der Waals surface area (Å²) in [5.74, 6) is 2.02. The third-order valence-electron chi connectivity index (χ3n) is 21.8. The number of ether oxygens (including phenoxy) is 4. The second kappa shape index (κ2) is 41.3. The number of aromatic nitrogens is 6. The first kappa shape index (κ1) is 89.3.